The van der Waals surface area contributed by atoms with Crippen LogP contribution in [0.5, 0.6) is 5.75 Å². The van der Waals surface area contributed by atoms with Gasteiger partial charge in [-0.05, 0) is 43.9 Å². The number of carbonyl (C=O) groups excluding carboxylic acids is 1. The molecule has 1 aromatic carbocycles. The first-order chi connectivity index (χ1) is 9.70. The number of hydrogen-bond acceptors (Lipinski definition) is 4. The number of anilines is 1. The normalized spacial score (nSPS) is 18.6. The number of ether oxygens (including phenoxy) is 2. The van der Waals surface area contributed by atoms with Crippen LogP contribution >= 0.6 is 0 Å². The summed E-state index contributed by atoms with van der Waals surface area (Å²) in [5, 5.41) is 2.90. The monoisotopic (exact) mass is 278 g/mol. The predicted octanol–water partition coefficient (Wildman–Crippen LogP) is 1.97. The fourth-order valence-corrected chi connectivity index (χ4v) is 2.36. The fourth-order valence-electron chi connectivity index (χ4n) is 2.36. The van der Waals surface area contributed by atoms with Crippen LogP contribution in [0.1, 0.15) is 36.0 Å². The van der Waals surface area contributed by atoms with E-state index in [1.165, 1.54) is 6.42 Å². The zero-order valence-corrected chi connectivity index (χ0v) is 11.9. The Morgan fingerprint density at radius 3 is 3.00 bits per heavy atom. The summed E-state index contributed by atoms with van der Waals surface area (Å²) in [5.41, 5.74) is 6.81. The molecule has 1 atom stereocenters. The Kier molecular flexibility index (Phi) is 5.24. The average Bonchev–Trinajstić information content (AvgIpc) is 2.48. The number of nitrogen functional groups attached to an aromatic ring is 1. The zero-order chi connectivity index (χ0) is 14.4. The van der Waals surface area contributed by atoms with Crippen LogP contribution in [0, 0.1) is 0 Å². The second kappa shape index (κ2) is 7.14. The lowest BCUT2D eigenvalue weighted by atomic mass is 10.1. The van der Waals surface area contributed by atoms with Gasteiger partial charge in [0.15, 0.2) is 0 Å². The van der Waals surface area contributed by atoms with Gasteiger partial charge in [-0.25, -0.2) is 0 Å². The molecule has 1 aromatic rings. The fraction of sp³-hybridized carbons (Fsp3) is 0.533. The molecule has 0 spiro atoms. The molecule has 2 rings (SSSR count). The summed E-state index contributed by atoms with van der Waals surface area (Å²) in [6.07, 6.45) is 4.59. The molecule has 3 N–H and O–H groups in total. The molecule has 1 aliphatic rings. The molecule has 0 saturated carbocycles. The van der Waals surface area contributed by atoms with Crippen LogP contribution in [0.25, 0.3) is 0 Å². The van der Waals surface area contributed by atoms with Gasteiger partial charge in [-0.3, -0.25) is 4.79 Å². The first-order valence-electron chi connectivity index (χ1n) is 7.04. The molecule has 0 radical (unpaired) electrons. The zero-order valence-electron chi connectivity index (χ0n) is 11.9. The van der Waals surface area contributed by atoms with Gasteiger partial charge in [-0.2, -0.15) is 0 Å². The lowest BCUT2D eigenvalue weighted by molar-refractivity contribution is 0.0117. The van der Waals surface area contributed by atoms with Crippen molar-refractivity contribution >= 4 is 11.6 Å². The number of rotatable bonds is 5. The molecule has 1 fully saturated rings. The van der Waals surface area contributed by atoms with Crippen LogP contribution in [0.2, 0.25) is 0 Å². The number of nitrogens with one attached hydrogen (secondary N) is 1. The van der Waals surface area contributed by atoms with E-state index in [1.807, 2.05) is 0 Å². The molecule has 0 bridgehead atoms. The molecular weight excluding hydrogens is 256 g/mol. The second-order valence-corrected chi connectivity index (χ2v) is 4.99. The van der Waals surface area contributed by atoms with Gasteiger partial charge in [-0.15, -0.1) is 0 Å². The molecule has 5 nitrogen and oxygen atoms in total. The SMILES string of the molecule is COc1ccc(C(=O)NCCC2CCCCO2)cc1N. The van der Waals surface area contributed by atoms with Crippen molar-refractivity contribution in [3.8, 4) is 5.75 Å². The predicted molar refractivity (Wildman–Crippen MR) is 77.9 cm³/mol. The van der Waals surface area contributed by atoms with E-state index in [4.69, 9.17) is 15.2 Å². The van der Waals surface area contributed by atoms with Crippen LogP contribution in [0.3, 0.4) is 0 Å². The lowest BCUT2D eigenvalue weighted by Crippen LogP contribution is -2.29. The summed E-state index contributed by atoms with van der Waals surface area (Å²) in [4.78, 5) is 12.0. The van der Waals surface area contributed by atoms with Gasteiger partial charge in [0, 0.05) is 18.7 Å². The minimum atomic E-state index is -0.116. The quantitative estimate of drug-likeness (QED) is 0.808. The van der Waals surface area contributed by atoms with Crippen LogP contribution in [-0.2, 0) is 4.74 Å². The van der Waals surface area contributed by atoms with Crippen LogP contribution in [-0.4, -0.2) is 32.3 Å². The third kappa shape index (κ3) is 3.87. The lowest BCUT2D eigenvalue weighted by Gasteiger charge is -2.22. The first-order valence-corrected chi connectivity index (χ1v) is 7.04. The highest BCUT2D eigenvalue weighted by molar-refractivity contribution is 5.95. The van der Waals surface area contributed by atoms with E-state index in [0.717, 1.165) is 25.9 Å². The van der Waals surface area contributed by atoms with Gasteiger partial charge >= 0.3 is 0 Å². The summed E-state index contributed by atoms with van der Waals surface area (Å²) in [6.45, 7) is 1.46. The van der Waals surface area contributed by atoms with Crippen molar-refractivity contribution in [2.24, 2.45) is 0 Å². The summed E-state index contributed by atoms with van der Waals surface area (Å²) in [7, 11) is 1.55. The molecule has 1 aliphatic heterocycles. The number of nitrogens with two attached hydrogens (primary N) is 1. The molecule has 1 saturated heterocycles. The van der Waals surface area contributed by atoms with Gasteiger partial charge in [0.2, 0.25) is 0 Å². The van der Waals surface area contributed by atoms with Crippen molar-refractivity contribution in [3.05, 3.63) is 23.8 Å². The Morgan fingerprint density at radius 2 is 2.35 bits per heavy atom. The average molecular weight is 278 g/mol. The van der Waals surface area contributed by atoms with E-state index < -0.39 is 0 Å². The topological polar surface area (TPSA) is 73.6 Å². The second-order valence-electron chi connectivity index (χ2n) is 4.99. The smallest absolute Gasteiger partial charge is 0.251 e. The highest BCUT2D eigenvalue weighted by atomic mass is 16.5. The molecular formula is C15H22N2O3. The van der Waals surface area contributed by atoms with Crippen molar-refractivity contribution in [2.75, 3.05) is 26.0 Å². The van der Waals surface area contributed by atoms with Crippen molar-refractivity contribution in [2.45, 2.75) is 31.8 Å². The third-order valence-corrected chi connectivity index (χ3v) is 3.52. The van der Waals surface area contributed by atoms with E-state index in [2.05, 4.69) is 5.32 Å². The Labute approximate surface area is 119 Å². The van der Waals surface area contributed by atoms with Crippen molar-refractivity contribution in [1.82, 2.24) is 5.32 Å². The van der Waals surface area contributed by atoms with Gasteiger partial charge in [-0.1, -0.05) is 0 Å². The Bertz CT molecular complexity index is 456. The molecule has 0 aliphatic carbocycles. The molecule has 1 heterocycles. The molecule has 20 heavy (non-hydrogen) atoms. The van der Waals surface area contributed by atoms with Gasteiger partial charge < -0.3 is 20.5 Å². The molecule has 110 valence electrons. The van der Waals surface area contributed by atoms with Crippen molar-refractivity contribution in [3.63, 3.8) is 0 Å². The summed E-state index contributed by atoms with van der Waals surface area (Å²) < 4.78 is 10.7. The molecule has 1 amide bonds. The largest absolute Gasteiger partial charge is 0.495 e. The van der Waals surface area contributed by atoms with Crippen molar-refractivity contribution < 1.29 is 14.3 Å². The number of benzene rings is 1. The minimum Gasteiger partial charge on any atom is -0.495 e. The minimum absolute atomic E-state index is 0.116. The van der Waals surface area contributed by atoms with Gasteiger partial charge in [0.05, 0.1) is 18.9 Å². The van der Waals surface area contributed by atoms with E-state index in [1.54, 1.807) is 25.3 Å². The Balaban J connectivity index is 1.80. The standard InChI is InChI=1S/C15H22N2O3/c1-19-14-6-5-11(10-13(14)16)15(18)17-8-7-12-4-2-3-9-20-12/h5-6,10,12H,2-4,7-9,16H2,1H3,(H,17,18). The summed E-state index contributed by atoms with van der Waals surface area (Å²) in [6, 6.07) is 5.04. The number of carbonyl (C=O) groups is 1. The maximum Gasteiger partial charge on any atom is 0.251 e. The van der Waals surface area contributed by atoms with E-state index in [-0.39, 0.29) is 12.0 Å². The van der Waals surface area contributed by atoms with Gasteiger partial charge in [0.1, 0.15) is 5.75 Å². The third-order valence-electron chi connectivity index (χ3n) is 3.52. The molecule has 1 unspecified atom stereocenters. The maximum absolute atomic E-state index is 12.0. The van der Waals surface area contributed by atoms with Gasteiger partial charge in [0.25, 0.3) is 5.91 Å². The first kappa shape index (κ1) is 14.7. The number of amides is 1. The van der Waals surface area contributed by atoms with Crippen LogP contribution in [0.15, 0.2) is 18.2 Å². The maximum atomic E-state index is 12.0. The highest BCUT2D eigenvalue weighted by Gasteiger charge is 2.14. The molecule has 0 aromatic heterocycles. The van der Waals surface area contributed by atoms with E-state index in [9.17, 15) is 4.79 Å². The van der Waals surface area contributed by atoms with Crippen LogP contribution < -0.4 is 15.8 Å². The number of hydrogen-bond donors (Lipinski definition) is 2. The van der Waals surface area contributed by atoms with E-state index >= 15 is 0 Å². The Hall–Kier alpha value is -1.75. The summed E-state index contributed by atoms with van der Waals surface area (Å²) >= 11 is 0. The summed E-state index contributed by atoms with van der Waals surface area (Å²) in [5.74, 6) is 0.465. The van der Waals surface area contributed by atoms with E-state index in [0.29, 0.717) is 23.5 Å². The highest BCUT2D eigenvalue weighted by Crippen LogP contribution is 2.21. The number of methoxy groups -OCH3 is 1. The van der Waals surface area contributed by atoms with Crippen LogP contribution in [0.4, 0.5) is 5.69 Å². The molecule has 5 heteroatoms. The van der Waals surface area contributed by atoms with Crippen molar-refractivity contribution in [1.29, 1.82) is 0 Å². The Morgan fingerprint density at radius 1 is 1.50 bits per heavy atom.